The van der Waals surface area contributed by atoms with Crippen LogP contribution in [0.4, 0.5) is 11.4 Å². The number of anilines is 2. The number of hydrogen-bond donors (Lipinski definition) is 2. The molecule has 0 aliphatic rings. The van der Waals surface area contributed by atoms with E-state index < -0.39 is 5.97 Å². The number of carbonyl (C=O) groups is 1. The van der Waals surface area contributed by atoms with Gasteiger partial charge in [0.2, 0.25) is 0 Å². The molecule has 0 fully saturated rings. The van der Waals surface area contributed by atoms with Crippen LogP contribution in [0.15, 0.2) is 29.6 Å². The molecular weight excluding hydrogens is 284 g/mol. The van der Waals surface area contributed by atoms with Crippen LogP contribution in [-0.2, 0) is 6.54 Å². The Hall–Kier alpha value is -1.72. The smallest absolute Gasteiger partial charge is 0.337 e. The molecule has 6 heteroatoms. The van der Waals surface area contributed by atoms with Crippen LogP contribution in [0.2, 0.25) is 5.02 Å². The van der Waals surface area contributed by atoms with Crippen LogP contribution in [0, 0.1) is 0 Å². The second-order valence-electron chi connectivity index (χ2n) is 4.14. The fraction of sp³-hybridized carbons (Fsp3) is 0.154. The van der Waals surface area contributed by atoms with Crippen molar-refractivity contribution in [3.63, 3.8) is 0 Å². The minimum absolute atomic E-state index is 0.115. The molecule has 0 spiro atoms. The number of thiophene rings is 1. The molecule has 4 nitrogen and oxygen atoms in total. The summed E-state index contributed by atoms with van der Waals surface area (Å²) in [4.78, 5) is 14.2. The highest BCUT2D eigenvalue weighted by Crippen LogP contribution is 2.33. The van der Waals surface area contributed by atoms with Gasteiger partial charge in [-0.3, -0.25) is 0 Å². The number of nitrogen functional groups attached to an aromatic ring is 1. The Kier molecular flexibility index (Phi) is 3.97. The number of halogens is 1. The fourth-order valence-electron chi connectivity index (χ4n) is 1.89. The Morgan fingerprint density at radius 3 is 2.84 bits per heavy atom. The monoisotopic (exact) mass is 296 g/mol. The molecule has 1 aromatic heterocycles. The third kappa shape index (κ3) is 3.00. The summed E-state index contributed by atoms with van der Waals surface area (Å²) in [6, 6.07) is 6.94. The van der Waals surface area contributed by atoms with E-state index >= 15 is 0 Å². The molecule has 0 bridgehead atoms. The number of carboxylic acid groups (broad SMARTS) is 1. The summed E-state index contributed by atoms with van der Waals surface area (Å²) in [7, 11) is 1.81. The predicted molar refractivity (Wildman–Crippen MR) is 79.2 cm³/mol. The SMILES string of the molecule is CN(Cc1cccs1)c1c(Cl)cc(N)cc1C(=O)O. The second-order valence-corrected chi connectivity index (χ2v) is 5.58. The topological polar surface area (TPSA) is 66.6 Å². The second kappa shape index (κ2) is 5.50. The third-order valence-electron chi connectivity index (χ3n) is 2.67. The van der Waals surface area contributed by atoms with Gasteiger partial charge < -0.3 is 15.7 Å². The lowest BCUT2D eigenvalue weighted by atomic mass is 10.1. The summed E-state index contributed by atoms with van der Waals surface area (Å²) in [6.07, 6.45) is 0. The normalized spacial score (nSPS) is 10.4. The van der Waals surface area contributed by atoms with Gasteiger partial charge in [-0.05, 0) is 23.6 Å². The lowest BCUT2D eigenvalue weighted by molar-refractivity contribution is 0.0697. The van der Waals surface area contributed by atoms with Crippen molar-refractivity contribution in [2.75, 3.05) is 17.7 Å². The van der Waals surface area contributed by atoms with Crippen molar-refractivity contribution in [1.29, 1.82) is 0 Å². The van der Waals surface area contributed by atoms with Crippen molar-refractivity contribution < 1.29 is 9.90 Å². The van der Waals surface area contributed by atoms with Crippen LogP contribution in [-0.4, -0.2) is 18.1 Å². The fourth-order valence-corrected chi connectivity index (χ4v) is 3.02. The number of nitrogens with two attached hydrogens (primary N) is 1. The van der Waals surface area contributed by atoms with Crippen LogP contribution in [0.1, 0.15) is 15.2 Å². The highest BCUT2D eigenvalue weighted by atomic mass is 35.5. The Morgan fingerprint density at radius 2 is 2.26 bits per heavy atom. The number of rotatable bonds is 4. The molecule has 0 aliphatic heterocycles. The highest BCUT2D eigenvalue weighted by Gasteiger charge is 2.18. The molecule has 0 saturated carbocycles. The van der Waals surface area contributed by atoms with Gasteiger partial charge in [0.05, 0.1) is 22.8 Å². The summed E-state index contributed by atoms with van der Waals surface area (Å²) in [5.74, 6) is -1.04. The molecule has 0 radical (unpaired) electrons. The van der Waals surface area contributed by atoms with Crippen LogP contribution in [0.3, 0.4) is 0 Å². The number of hydrogen-bond acceptors (Lipinski definition) is 4. The molecule has 19 heavy (non-hydrogen) atoms. The van der Waals surface area contributed by atoms with Gasteiger partial charge in [-0.25, -0.2) is 4.79 Å². The first kappa shape index (κ1) is 13.7. The summed E-state index contributed by atoms with van der Waals surface area (Å²) < 4.78 is 0. The van der Waals surface area contributed by atoms with Crippen molar-refractivity contribution in [3.05, 3.63) is 45.1 Å². The van der Waals surface area contributed by atoms with Crippen molar-refractivity contribution in [3.8, 4) is 0 Å². The quantitative estimate of drug-likeness (QED) is 0.849. The predicted octanol–water partition coefficient (Wildman–Crippen LogP) is 3.32. The number of nitrogens with zero attached hydrogens (tertiary/aromatic N) is 1. The van der Waals surface area contributed by atoms with E-state index in [2.05, 4.69) is 0 Å². The molecule has 3 N–H and O–H groups in total. The van der Waals surface area contributed by atoms with E-state index in [0.717, 1.165) is 4.88 Å². The van der Waals surface area contributed by atoms with E-state index in [1.54, 1.807) is 17.4 Å². The summed E-state index contributed by atoms with van der Waals surface area (Å²) in [5, 5.41) is 11.6. The molecule has 2 rings (SSSR count). The summed E-state index contributed by atoms with van der Waals surface area (Å²) in [5.41, 5.74) is 6.58. The Morgan fingerprint density at radius 1 is 1.53 bits per heavy atom. The van der Waals surface area contributed by atoms with Gasteiger partial charge in [0.1, 0.15) is 0 Å². The van der Waals surface area contributed by atoms with Gasteiger partial charge in [-0.2, -0.15) is 0 Å². The van der Waals surface area contributed by atoms with Gasteiger partial charge in [-0.15, -0.1) is 11.3 Å². The molecule has 0 atom stereocenters. The number of aromatic carboxylic acids is 1. The molecule has 0 amide bonds. The van der Waals surface area contributed by atoms with Crippen molar-refractivity contribution in [2.24, 2.45) is 0 Å². The first-order valence-electron chi connectivity index (χ1n) is 5.55. The third-order valence-corrected chi connectivity index (χ3v) is 3.82. The average Bonchev–Trinajstić information content (AvgIpc) is 2.80. The van der Waals surface area contributed by atoms with E-state index in [-0.39, 0.29) is 5.56 Å². The van der Waals surface area contributed by atoms with Gasteiger partial charge in [-0.1, -0.05) is 17.7 Å². The molecular formula is C13H13ClN2O2S. The lowest BCUT2D eigenvalue weighted by Gasteiger charge is -2.22. The van der Waals surface area contributed by atoms with Crippen LogP contribution >= 0.6 is 22.9 Å². The van der Waals surface area contributed by atoms with Crippen molar-refractivity contribution in [1.82, 2.24) is 0 Å². The first-order valence-corrected chi connectivity index (χ1v) is 6.80. The van der Waals surface area contributed by atoms with E-state index in [1.807, 2.05) is 29.5 Å². The van der Waals surface area contributed by atoms with Crippen LogP contribution < -0.4 is 10.6 Å². The molecule has 100 valence electrons. The summed E-state index contributed by atoms with van der Waals surface area (Å²) in [6.45, 7) is 0.599. The minimum Gasteiger partial charge on any atom is -0.478 e. The molecule has 0 saturated heterocycles. The Balaban J connectivity index is 2.40. The zero-order chi connectivity index (χ0) is 14.0. The minimum atomic E-state index is -1.04. The lowest BCUT2D eigenvalue weighted by Crippen LogP contribution is -2.19. The Labute approximate surface area is 120 Å². The maximum atomic E-state index is 11.3. The zero-order valence-electron chi connectivity index (χ0n) is 10.3. The van der Waals surface area contributed by atoms with E-state index in [9.17, 15) is 9.90 Å². The van der Waals surface area contributed by atoms with Crippen LogP contribution in [0.25, 0.3) is 0 Å². The summed E-state index contributed by atoms with van der Waals surface area (Å²) >= 11 is 7.74. The van der Waals surface area contributed by atoms with Gasteiger partial charge >= 0.3 is 5.97 Å². The van der Waals surface area contributed by atoms with E-state index in [4.69, 9.17) is 17.3 Å². The van der Waals surface area contributed by atoms with Gasteiger partial charge in [0, 0.05) is 17.6 Å². The standard InChI is InChI=1S/C13H13ClN2O2S/c1-16(7-9-3-2-4-19-9)12-10(13(17)18)5-8(15)6-11(12)14/h2-6H,7,15H2,1H3,(H,17,18). The van der Waals surface area contributed by atoms with E-state index in [1.165, 1.54) is 6.07 Å². The molecule has 1 aromatic carbocycles. The average molecular weight is 297 g/mol. The van der Waals surface area contributed by atoms with Gasteiger partial charge in [0.25, 0.3) is 0 Å². The first-order chi connectivity index (χ1) is 8.99. The largest absolute Gasteiger partial charge is 0.478 e. The molecule has 0 aliphatic carbocycles. The maximum absolute atomic E-state index is 11.3. The molecule has 0 unspecified atom stereocenters. The van der Waals surface area contributed by atoms with Crippen LogP contribution in [0.5, 0.6) is 0 Å². The number of carboxylic acids is 1. The van der Waals surface area contributed by atoms with Crippen molar-refractivity contribution >= 4 is 40.3 Å². The highest BCUT2D eigenvalue weighted by molar-refractivity contribution is 7.09. The molecule has 2 aromatic rings. The Bertz CT molecular complexity index is 599. The number of benzene rings is 1. The molecule has 1 heterocycles. The zero-order valence-corrected chi connectivity index (χ0v) is 11.8. The van der Waals surface area contributed by atoms with E-state index in [0.29, 0.717) is 22.9 Å². The maximum Gasteiger partial charge on any atom is 0.337 e. The van der Waals surface area contributed by atoms with Gasteiger partial charge in [0.15, 0.2) is 0 Å². The van der Waals surface area contributed by atoms with Crippen molar-refractivity contribution in [2.45, 2.75) is 6.54 Å².